The summed E-state index contributed by atoms with van der Waals surface area (Å²) in [7, 11) is 1.61. The molecule has 1 aromatic heterocycles. The summed E-state index contributed by atoms with van der Waals surface area (Å²) in [6.45, 7) is 3.02. The number of aliphatic hydroxyl groups is 1. The molecule has 6 heteroatoms. The Kier molecular flexibility index (Phi) is 4.34. The number of aliphatic hydroxyl groups excluding tert-OH is 1. The van der Waals surface area contributed by atoms with E-state index < -0.39 is 6.10 Å². The van der Waals surface area contributed by atoms with E-state index >= 15 is 0 Å². The van der Waals surface area contributed by atoms with Gasteiger partial charge >= 0.3 is 0 Å². The largest absolute Gasteiger partial charge is 0.496 e. The van der Waals surface area contributed by atoms with Crippen LogP contribution in [0.4, 0.5) is 0 Å². The van der Waals surface area contributed by atoms with Gasteiger partial charge in [0, 0.05) is 24.6 Å². The molecule has 0 spiro atoms. The maximum atomic E-state index is 12.6. The number of nitrogens with zero attached hydrogens (tertiary/aromatic N) is 2. The number of methoxy groups -OCH3 is 1. The van der Waals surface area contributed by atoms with Crippen molar-refractivity contribution in [3.05, 3.63) is 36.0 Å². The summed E-state index contributed by atoms with van der Waals surface area (Å²) in [5.74, 6) is 0.783. The van der Waals surface area contributed by atoms with Crippen molar-refractivity contribution in [2.45, 2.75) is 19.4 Å². The van der Waals surface area contributed by atoms with E-state index in [-0.39, 0.29) is 11.8 Å². The number of amides is 1. The Morgan fingerprint density at radius 1 is 1.48 bits per heavy atom. The van der Waals surface area contributed by atoms with Crippen LogP contribution in [0.15, 0.2) is 30.3 Å². The van der Waals surface area contributed by atoms with Crippen LogP contribution in [0.25, 0.3) is 11.3 Å². The molecule has 1 aliphatic heterocycles. The van der Waals surface area contributed by atoms with Crippen molar-refractivity contribution < 1.29 is 14.6 Å². The zero-order valence-corrected chi connectivity index (χ0v) is 13.3. The Balaban J connectivity index is 1.78. The van der Waals surface area contributed by atoms with Crippen LogP contribution in [-0.2, 0) is 0 Å². The van der Waals surface area contributed by atoms with Crippen LogP contribution in [0.3, 0.4) is 0 Å². The highest BCUT2D eigenvalue weighted by atomic mass is 16.5. The summed E-state index contributed by atoms with van der Waals surface area (Å²) in [6, 6.07) is 9.31. The van der Waals surface area contributed by atoms with Gasteiger partial charge in [-0.05, 0) is 31.5 Å². The standard InChI is InChI=1S/C17H21N3O3/c1-11(21)12-7-8-20(10-12)17(22)15-9-14(18-19-15)13-5-3-4-6-16(13)23-2/h3-6,9,11-12,21H,7-8,10H2,1-2H3,(H,18,19). The highest BCUT2D eigenvalue weighted by molar-refractivity contribution is 5.93. The summed E-state index contributed by atoms with van der Waals surface area (Å²) < 4.78 is 5.33. The minimum atomic E-state index is -0.390. The molecule has 2 unspecified atom stereocenters. The van der Waals surface area contributed by atoms with Gasteiger partial charge < -0.3 is 14.7 Å². The molecular formula is C17H21N3O3. The van der Waals surface area contributed by atoms with Crippen LogP contribution in [-0.4, -0.2) is 52.4 Å². The Morgan fingerprint density at radius 3 is 2.96 bits per heavy atom. The number of ether oxygens (including phenoxy) is 1. The van der Waals surface area contributed by atoms with Gasteiger partial charge in [-0.1, -0.05) is 12.1 Å². The molecule has 2 aromatic rings. The third kappa shape index (κ3) is 3.07. The predicted molar refractivity (Wildman–Crippen MR) is 86.3 cm³/mol. The van der Waals surface area contributed by atoms with Crippen LogP contribution in [0.1, 0.15) is 23.8 Å². The molecule has 1 aromatic carbocycles. The van der Waals surface area contributed by atoms with Crippen molar-refractivity contribution >= 4 is 5.91 Å². The Hall–Kier alpha value is -2.34. The summed E-state index contributed by atoms with van der Waals surface area (Å²) in [5, 5.41) is 16.7. The first-order valence-electron chi connectivity index (χ1n) is 7.76. The van der Waals surface area contributed by atoms with Gasteiger partial charge in [0.1, 0.15) is 11.4 Å². The number of H-pyrrole nitrogens is 1. The van der Waals surface area contributed by atoms with Crippen molar-refractivity contribution in [2.24, 2.45) is 5.92 Å². The van der Waals surface area contributed by atoms with E-state index in [9.17, 15) is 9.90 Å². The lowest BCUT2D eigenvalue weighted by molar-refractivity contribution is 0.0757. The van der Waals surface area contributed by atoms with E-state index in [0.29, 0.717) is 30.2 Å². The Morgan fingerprint density at radius 2 is 2.26 bits per heavy atom. The summed E-state index contributed by atoms with van der Waals surface area (Å²) in [4.78, 5) is 14.3. The van der Waals surface area contributed by atoms with Gasteiger partial charge in [0.25, 0.3) is 5.91 Å². The first-order valence-corrected chi connectivity index (χ1v) is 7.76. The molecule has 0 aliphatic carbocycles. The molecule has 122 valence electrons. The topological polar surface area (TPSA) is 78.5 Å². The van der Waals surface area contributed by atoms with Gasteiger partial charge in [0.05, 0.1) is 18.9 Å². The van der Waals surface area contributed by atoms with Crippen LogP contribution in [0.2, 0.25) is 0 Å². The van der Waals surface area contributed by atoms with Crippen molar-refractivity contribution in [3.8, 4) is 17.0 Å². The first-order chi connectivity index (χ1) is 11.1. The van der Waals surface area contributed by atoms with E-state index in [1.54, 1.807) is 25.0 Å². The molecule has 2 N–H and O–H groups in total. The molecule has 23 heavy (non-hydrogen) atoms. The average Bonchev–Trinajstić information content (AvgIpc) is 3.23. The van der Waals surface area contributed by atoms with Crippen molar-refractivity contribution in [3.63, 3.8) is 0 Å². The minimum absolute atomic E-state index is 0.0817. The number of rotatable bonds is 4. The van der Waals surface area contributed by atoms with Crippen LogP contribution < -0.4 is 4.74 Å². The monoisotopic (exact) mass is 315 g/mol. The number of para-hydroxylation sites is 1. The number of aromatic nitrogens is 2. The number of benzene rings is 1. The zero-order valence-electron chi connectivity index (χ0n) is 13.3. The molecule has 0 radical (unpaired) electrons. The molecule has 1 aliphatic rings. The maximum Gasteiger partial charge on any atom is 0.271 e. The second kappa shape index (κ2) is 6.42. The molecule has 0 bridgehead atoms. The zero-order chi connectivity index (χ0) is 16.4. The fourth-order valence-electron chi connectivity index (χ4n) is 2.96. The van der Waals surface area contributed by atoms with Gasteiger partial charge in [-0.15, -0.1) is 0 Å². The lowest BCUT2D eigenvalue weighted by Gasteiger charge is -2.16. The Labute approximate surface area is 135 Å². The van der Waals surface area contributed by atoms with E-state index in [2.05, 4.69) is 10.2 Å². The minimum Gasteiger partial charge on any atom is -0.496 e. The number of likely N-dealkylation sites (tertiary alicyclic amines) is 1. The molecule has 6 nitrogen and oxygen atoms in total. The Bertz CT molecular complexity index is 696. The number of hydrogen-bond donors (Lipinski definition) is 2. The van der Waals surface area contributed by atoms with Gasteiger partial charge in [0.15, 0.2) is 0 Å². The van der Waals surface area contributed by atoms with Gasteiger partial charge in [-0.3, -0.25) is 9.89 Å². The summed E-state index contributed by atoms with van der Waals surface area (Å²) in [6.07, 6.45) is 0.440. The highest BCUT2D eigenvalue weighted by Crippen LogP contribution is 2.29. The smallest absolute Gasteiger partial charge is 0.271 e. The molecule has 2 atom stereocenters. The molecule has 1 amide bonds. The van der Waals surface area contributed by atoms with E-state index in [0.717, 1.165) is 12.0 Å². The van der Waals surface area contributed by atoms with E-state index in [1.807, 2.05) is 24.3 Å². The SMILES string of the molecule is COc1ccccc1-c1cc(C(=O)N2CCC(C(C)O)C2)[nH]n1. The molecule has 0 saturated carbocycles. The molecule has 1 saturated heterocycles. The predicted octanol–water partition coefficient (Wildman–Crippen LogP) is 1.93. The summed E-state index contributed by atoms with van der Waals surface area (Å²) in [5.41, 5.74) is 1.97. The third-order valence-corrected chi connectivity index (χ3v) is 4.39. The molecular weight excluding hydrogens is 294 g/mol. The number of hydrogen-bond acceptors (Lipinski definition) is 4. The quantitative estimate of drug-likeness (QED) is 0.903. The van der Waals surface area contributed by atoms with Crippen LogP contribution >= 0.6 is 0 Å². The number of nitrogens with one attached hydrogen (secondary N) is 1. The van der Waals surface area contributed by atoms with E-state index in [1.165, 1.54) is 0 Å². The van der Waals surface area contributed by atoms with Crippen molar-refractivity contribution in [2.75, 3.05) is 20.2 Å². The first kappa shape index (κ1) is 15.6. The van der Waals surface area contributed by atoms with Crippen LogP contribution in [0, 0.1) is 5.92 Å². The second-order valence-corrected chi connectivity index (χ2v) is 5.91. The second-order valence-electron chi connectivity index (χ2n) is 5.91. The lowest BCUT2D eigenvalue weighted by Crippen LogP contribution is -2.30. The van der Waals surface area contributed by atoms with Crippen LogP contribution in [0.5, 0.6) is 5.75 Å². The number of carbonyl (C=O) groups is 1. The lowest BCUT2D eigenvalue weighted by atomic mass is 10.0. The summed E-state index contributed by atoms with van der Waals surface area (Å²) >= 11 is 0. The van der Waals surface area contributed by atoms with E-state index in [4.69, 9.17) is 4.74 Å². The van der Waals surface area contributed by atoms with Gasteiger partial charge in [0.2, 0.25) is 0 Å². The molecule has 1 fully saturated rings. The van der Waals surface area contributed by atoms with Crippen molar-refractivity contribution in [1.29, 1.82) is 0 Å². The molecule has 3 rings (SSSR count). The third-order valence-electron chi connectivity index (χ3n) is 4.39. The number of aromatic amines is 1. The fourth-order valence-corrected chi connectivity index (χ4v) is 2.96. The fraction of sp³-hybridized carbons (Fsp3) is 0.412. The van der Waals surface area contributed by atoms with Gasteiger partial charge in [-0.25, -0.2) is 0 Å². The van der Waals surface area contributed by atoms with Crippen molar-refractivity contribution in [1.82, 2.24) is 15.1 Å². The average molecular weight is 315 g/mol. The number of carbonyl (C=O) groups excluding carboxylic acids is 1. The maximum absolute atomic E-state index is 12.6. The highest BCUT2D eigenvalue weighted by Gasteiger charge is 2.30. The normalized spacial score (nSPS) is 18.9. The van der Waals surface area contributed by atoms with Gasteiger partial charge in [-0.2, -0.15) is 5.10 Å². The molecule has 2 heterocycles.